The number of hydrogen-bond donors (Lipinski definition) is 1. The fourth-order valence-corrected chi connectivity index (χ4v) is 2.89. The molecule has 0 radical (unpaired) electrons. The second kappa shape index (κ2) is 6.98. The van der Waals surface area contributed by atoms with Gasteiger partial charge in [0.15, 0.2) is 11.6 Å². The number of ether oxygens (including phenoxy) is 1. The lowest BCUT2D eigenvalue weighted by Gasteiger charge is -2.10. The molecule has 5 nitrogen and oxygen atoms in total. The number of hydrogen-bond acceptors (Lipinski definition) is 4. The number of methoxy groups -OCH3 is 1. The Labute approximate surface area is 123 Å². The Balaban J connectivity index is 2.74. The minimum Gasteiger partial charge on any atom is -0.469 e. The van der Waals surface area contributed by atoms with Crippen LogP contribution >= 0.6 is 15.9 Å². The molecule has 0 atom stereocenters. The van der Waals surface area contributed by atoms with E-state index >= 15 is 0 Å². The van der Waals surface area contributed by atoms with E-state index in [1.165, 1.54) is 7.11 Å². The predicted molar refractivity (Wildman–Crippen MR) is 72.7 cm³/mol. The van der Waals surface area contributed by atoms with Crippen molar-refractivity contribution in [1.82, 2.24) is 0 Å². The molecule has 0 aliphatic heterocycles. The van der Waals surface area contributed by atoms with E-state index < -0.39 is 39.1 Å². The van der Waals surface area contributed by atoms with Crippen molar-refractivity contribution in [3.8, 4) is 0 Å². The Morgan fingerprint density at radius 1 is 1.35 bits per heavy atom. The van der Waals surface area contributed by atoms with Gasteiger partial charge in [0.2, 0.25) is 10.0 Å². The number of halogens is 3. The van der Waals surface area contributed by atoms with Crippen molar-refractivity contribution in [2.75, 3.05) is 17.6 Å². The highest BCUT2D eigenvalue weighted by molar-refractivity contribution is 9.10. The van der Waals surface area contributed by atoms with Gasteiger partial charge in [-0.05, 0) is 18.6 Å². The van der Waals surface area contributed by atoms with Gasteiger partial charge < -0.3 is 4.74 Å². The Hall–Kier alpha value is -1.22. The van der Waals surface area contributed by atoms with Gasteiger partial charge in [0.1, 0.15) is 5.69 Å². The van der Waals surface area contributed by atoms with Gasteiger partial charge in [-0.15, -0.1) is 0 Å². The maximum atomic E-state index is 13.5. The largest absolute Gasteiger partial charge is 0.469 e. The second-order valence-corrected chi connectivity index (χ2v) is 6.60. The Bertz CT molecular complexity index is 583. The minimum atomic E-state index is -3.95. The number of sulfonamides is 1. The van der Waals surface area contributed by atoms with Crippen molar-refractivity contribution >= 4 is 37.6 Å². The molecule has 0 bridgehead atoms. The molecular weight excluding hydrogens is 360 g/mol. The maximum absolute atomic E-state index is 13.5. The van der Waals surface area contributed by atoms with Crippen LogP contribution in [0.2, 0.25) is 0 Å². The van der Waals surface area contributed by atoms with Gasteiger partial charge in [-0.25, -0.2) is 17.2 Å². The average Bonchev–Trinajstić information content (AvgIpc) is 2.33. The molecule has 0 aromatic heterocycles. The number of esters is 1. The highest BCUT2D eigenvalue weighted by Crippen LogP contribution is 2.24. The molecule has 1 aromatic carbocycles. The molecule has 20 heavy (non-hydrogen) atoms. The Kier molecular flexibility index (Phi) is 5.88. The number of carbonyl (C=O) groups excluding carboxylic acids is 1. The van der Waals surface area contributed by atoms with E-state index in [4.69, 9.17) is 0 Å². The lowest BCUT2D eigenvalue weighted by Crippen LogP contribution is -2.19. The molecular formula is C11H12BrF2NO4S. The number of carbonyl (C=O) groups is 1. The van der Waals surface area contributed by atoms with Crippen molar-refractivity contribution in [1.29, 1.82) is 0 Å². The number of benzene rings is 1. The third-order valence-electron chi connectivity index (χ3n) is 2.29. The van der Waals surface area contributed by atoms with Crippen LogP contribution in [0.3, 0.4) is 0 Å². The Morgan fingerprint density at radius 2 is 1.90 bits per heavy atom. The molecule has 0 unspecified atom stereocenters. The van der Waals surface area contributed by atoms with Crippen molar-refractivity contribution in [2.45, 2.75) is 12.8 Å². The summed E-state index contributed by atoms with van der Waals surface area (Å²) in [6.45, 7) is 0. The van der Waals surface area contributed by atoms with Crippen LogP contribution in [0.4, 0.5) is 14.5 Å². The first kappa shape index (κ1) is 16.8. The van der Waals surface area contributed by atoms with E-state index in [0.717, 1.165) is 12.1 Å². The van der Waals surface area contributed by atoms with E-state index in [0.29, 0.717) is 0 Å². The first-order valence-electron chi connectivity index (χ1n) is 5.47. The summed E-state index contributed by atoms with van der Waals surface area (Å²) in [5.41, 5.74) is -0.744. The van der Waals surface area contributed by atoms with Gasteiger partial charge in [-0.3, -0.25) is 9.52 Å². The Morgan fingerprint density at radius 3 is 2.40 bits per heavy atom. The van der Waals surface area contributed by atoms with Gasteiger partial charge >= 0.3 is 5.97 Å². The SMILES string of the molecule is COC(=O)CCCS(=O)(=O)Nc1c(F)cc(Br)cc1F. The third kappa shape index (κ3) is 5.04. The van der Waals surface area contributed by atoms with Crippen LogP contribution in [-0.2, 0) is 19.6 Å². The number of nitrogens with one attached hydrogen (secondary N) is 1. The van der Waals surface area contributed by atoms with Gasteiger partial charge in [0.05, 0.1) is 12.9 Å². The molecule has 0 amide bonds. The first-order chi connectivity index (χ1) is 9.25. The standard InChI is InChI=1S/C11H12BrF2NO4S/c1-19-10(16)3-2-4-20(17,18)15-11-8(13)5-7(12)6-9(11)14/h5-6,15H,2-4H2,1H3. The van der Waals surface area contributed by atoms with Crippen LogP contribution in [0.25, 0.3) is 0 Å². The van der Waals surface area contributed by atoms with Gasteiger partial charge in [0.25, 0.3) is 0 Å². The molecule has 1 aromatic rings. The zero-order chi connectivity index (χ0) is 15.3. The third-order valence-corrected chi connectivity index (χ3v) is 4.09. The van der Waals surface area contributed by atoms with Crippen LogP contribution in [-0.4, -0.2) is 27.2 Å². The van der Waals surface area contributed by atoms with Crippen molar-refractivity contribution in [2.24, 2.45) is 0 Å². The normalized spacial score (nSPS) is 11.2. The molecule has 0 heterocycles. The summed E-state index contributed by atoms with van der Waals surface area (Å²) >= 11 is 2.88. The summed E-state index contributed by atoms with van der Waals surface area (Å²) in [5.74, 6) is -3.07. The van der Waals surface area contributed by atoms with E-state index in [9.17, 15) is 22.0 Å². The van der Waals surface area contributed by atoms with Crippen molar-refractivity contribution < 1.29 is 26.7 Å². The van der Waals surface area contributed by atoms with Gasteiger partial charge in [-0.2, -0.15) is 0 Å². The van der Waals surface area contributed by atoms with Gasteiger partial charge in [0, 0.05) is 10.9 Å². The summed E-state index contributed by atoms with van der Waals surface area (Å²) in [5, 5.41) is 0. The molecule has 9 heteroatoms. The van der Waals surface area contributed by atoms with Crippen LogP contribution in [0.5, 0.6) is 0 Å². The lowest BCUT2D eigenvalue weighted by molar-refractivity contribution is -0.140. The molecule has 0 aliphatic carbocycles. The van der Waals surface area contributed by atoms with Gasteiger partial charge in [-0.1, -0.05) is 15.9 Å². The predicted octanol–water partition coefficient (Wildman–Crippen LogP) is 2.42. The monoisotopic (exact) mass is 371 g/mol. The van der Waals surface area contributed by atoms with Crippen molar-refractivity contribution in [3.63, 3.8) is 0 Å². The molecule has 0 spiro atoms. The lowest BCUT2D eigenvalue weighted by atomic mass is 10.3. The molecule has 0 saturated heterocycles. The fraction of sp³-hybridized carbons (Fsp3) is 0.364. The van der Waals surface area contributed by atoms with E-state index in [1.807, 2.05) is 4.72 Å². The zero-order valence-corrected chi connectivity index (χ0v) is 12.9. The molecule has 0 fully saturated rings. The summed E-state index contributed by atoms with van der Waals surface area (Å²) in [7, 11) is -2.77. The zero-order valence-electron chi connectivity index (χ0n) is 10.5. The van der Waals surface area contributed by atoms with Crippen LogP contribution in [0.15, 0.2) is 16.6 Å². The summed E-state index contributed by atoms with van der Waals surface area (Å²) in [6.07, 6.45) is -0.107. The summed E-state index contributed by atoms with van der Waals surface area (Å²) < 4.78 is 56.6. The molecule has 0 aliphatic rings. The summed E-state index contributed by atoms with van der Waals surface area (Å²) in [4.78, 5) is 10.8. The topological polar surface area (TPSA) is 72.5 Å². The molecule has 0 saturated carbocycles. The van der Waals surface area contributed by atoms with Crippen LogP contribution in [0, 0.1) is 11.6 Å². The van der Waals surface area contributed by atoms with E-state index in [-0.39, 0.29) is 17.3 Å². The average molecular weight is 372 g/mol. The smallest absolute Gasteiger partial charge is 0.305 e. The highest BCUT2D eigenvalue weighted by Gasteiger charge is 2.18. The summed E-state index contributed by atoms with van der Waals surface area (Å²) in [6, 6.07) is 1.88. The number of anilines is 1. The molecule has 112 valence electrons. The van der Waals surface area contributed by atoms with E-state index in [1.54, 1.807) is 0 Å². The van der Waals surface area contributed by atoms with E-state index in [2.05, 4.69) is 20.7 Å². The quantitative estimate of drug-likeness (QED) is 0.779. The molecule has 1 N–H and O–H groups in total. The minimum absolute atomic E-state index is 0.0121. The van der Waals surface area contributed by atoms with Crippen LogP contribution < -0.4 is 4.72 Å². The molecule has 1 rings (SSSR count). The van der Waals surface area contributed by atoms with Crippen molar-refractivity contribution in [3.05, 3.63) is 28.2 Å². The van der Waals surface area contributed by atoms with Crippen LogP contribution in [0.1, 0.15) is 12.8 Å². The first-order valence-corrected chi connectivity index (χ1v) is 7.91. The highest BCUT2D eigenvalue weighted by atomic mass is 79.9. The number of rotatable bonds is 6. The maximum Gasteiger partial charge on any atom is 0.305 e. The fourth-order valence-electron chi connectivity index (χ4n) is 1.35. The second-order valence-electron chi connectivity index (χ2n) is 3.85.